The van der Waals surface area contributed by atoms with E-state index in [9.17, 15) is 5.21 Å². The summed E-state index contributed by atoms with van der Waals surface area (Å²) < 4.78 is 1.57. The minimum absolute atomic E-state index is 0.214. The first kappa shape index (κ1) is 14.3. The van der Waals surface area contributed by atoms with Crippen molar-refractivity contribution in [2.45, 2.75) is 31.7 Å². The lowest BCUT2D eigenvalue weighted by Gasteiger charge is -2.27. The zero-order chi connectivity index (χ0) is 14.2. The summed E-state index contributed by atoms with van der Waals surface area (Å²) in [5, 5.41) is 12.4. The van der Waals surface area contributed by atoms with Crippen LogP contribution in [0.5, 0.6) is 0 Å². The van der Waals surface area contributed by atoms with E-state index in [0.717, 1.165) is 14.6 Å². The van der Waals surface area contributed by atoms with Crippen LogP contribution in [0.4, 0.5) is 0 Å². The summed E-state index contributed by atoms with van der Waals surface area (Å²) >= 11 is 6.85. The van der Waals surface area contributed by atoms with E-state index in [0.29, 0.717) is 0 Å². The molecule has 19 heavy (non-hydrogen) atoms. The van der Waals surface area contributed by atoms with E-state index < -0.39 is 0 Å². The molecule has 0 saturated carbocycles. The average molecular weight is 294 g/mol. The van der Waals surface area contributed by atoms with Gasteiger partial charge in [-0.05, 0) is 32.9 Å². The maximum atomic E-state index is 12.4. The summed E-state index contributed by atoms with van der Waals surface area (Å²) in [5.74, 6) is 0. The van der Waals surface area contributed by atoms with Crippen molar-refractivity contribution in [3.8, 4) is 0 Å². The lowest BCUT2D eigenvalue weighted by Crippen LogP contribution is -2.46. The van der Waals surface area contributed by atoms with Gasteiger partial charge in [0, 0.05) is 12.6 Å². The van der Waals surface area contributed by atoms with Crippen molar-refractivity contribution in [3.05, 3.63) is 40.6 Å². The molecule has 2 rings (SSSR count). The van der Waals surface area contributed by atoms with Crippen molar-refractivity contribution in [3.63, 3.8) is 0 Å². The molecule has 1 atom stereocenters. The Kier molecular flexibility index (Phi) is 3.87. The SMILES string of the molecule is Cc1ccc(/C=[N+](\[O-])[C@H]2N(C)C(=S)SC2(C)C)cc1. The highest BCUT2D eigenvalue weighted by molar-refractivity contribution is 8.24. The van der Waals surface area contributed by atoms with E-state index in [4.69, 9.17) is 12.2 Å². The number of thioether (sulfide) groups is 1. The molecular formula is C14H18N2OS2. The lowest BCUT2D eigenvalue weighted by atomic mass is 10.1. The molecule has 0 spiro atoms. The molecule has 1 aliphatic rings. The van der Waals surface area contributed by atoms with Gasteiger partial charge in [0.05, 0.1) is 0 Å². The Morgan fingerprint density at radius 2 is 1.95 bits per heavy atom. The lowest BCUT2D eigenvalue weighted by molar-refractivity contribution is -0.522. The van der Waals surface area contributed by atoms with E-state index >= 15 is 0 Å². The summed E-state index contributed by atoms with van der Waals surface area (Å²) in [6.45, 7) is 6.12. The second kappa shape index (κ2) is 5.13. The third-order valence-electron chi connectivity index (χ3n) is 3.22. The van der Waals surface area contributed by atoms with Crippen LogP contribution in [0.1, 0.15) is 25.0 Å². The Bertz CT molecular complexity index is 523. The molecule has 0 amide bonds. The van der Waals surface area contributed by atoms with E-state index in [1.165, 1.54) is 5.56 Å². The quantitative estimate of drug-likeness (QED) is 0.276. The summed E-state index contributed by atoms with van der Waals surface area (Å²) in [6.07, 6.45) is 1.36. The predicted molar refractivity (Wildman–Crippen MR) is 85.8 cm³/mol. The highest BCUT2D eigenvalue weighted by Gasteiger charge is 2.48. The third kappa shape index (κ3) is 2.92. The molecule has 0 N–H and O–H groups in total. The zero-order valence-electron chi connectivity index (χ0n) is 11.6. The van der Waals surface area contributed by atoms with Crippen LogP contribution in [0.25, 0.3) is 0 Å². The maximum Gasteiger partial charge on any atom is 0.254 e. The number of hydroxylamine groups is 1. The number of aryl methyl sites for hydroxylation is 1. The Morgan fingerprint density at radius 1 is 1.37 bits per heavy atom. The molecule has 102 valence electrons. The molecule has 1 aliphatic heterocycles. The number of thiocarbonyl (C=S) groups is 1. The largest absolute Gasteiger partial charge is 0.622 e. The first-order valence-electron chi connectivity index (χ1n) is 6.14. The molecule has 1 saturated heterocycles. The number of benzene rings is 1. The smallest absolute Gasteiger partial charge is 0.254 e. The topological polar surface area (TPSA) is 29.3 Å². The number of hydrogen-bond acceptors (Lipinski definition) is 3. The van der Waals surface area contributed by atoms with Crippen molar-refractivity contribution < 1.29 is 4.74 Å². The number of rotatable bonds is 2. The summed E-state index contributed by atoms with van der Waals surface area (Å²) in [6, 6.07) is 7.91. The molecule has 3 nitrogen and oxygen atoms in total. The molecule has 0 aliphatic carbocycles. The molecule has 1 heterocycles. The normalized spacial score (nSPS) is 22.9. The van der Waals surface area contributed by atoms with E-state index in [2.05, 4.69) is 0 Å². The van der Waals surface area contributed by atoms with E-state index in [-0.39, 0.29) is 10.9 Å². The van der Waals surface area contributed by atoms with Crippen LogP contribution in [-0.2, 0) is 0 Å². The Labute approximate surface area is 123 Å². The van der Waals surface area contributed by atoms with Gasteiger partial charge in [-0.1, -0.05) is 41.7 Å². The van der Waals surface area contributed by atoms with E-state index in [1.807, 2.05) is 57.0 Å². The van der Waals surface area contributed by atoms with Crippen LogP contribution in [-0.4, -0.2) is 38.1 Å². The summed E-state index contributed by atoms with van der Waals surface area (Å²) in [5.41, 5.74) is 2.09. The predicted octanol–water partition coefficient (Wildman–Crippen LogP) is 2.99. The Balaban J connectivity index is 2.30. The van der Waals surface area contributed by atoms with Crippen LogP contribution >= 0.6 is 24.0 Å². The molecule has 5 heteroatoms. The van der Waals surface area contributed by atoms with Crippen LogP contribution in [0, 0.1) is 12.1 Å². The van der Waals surface area contributed by atoms with Gasteiger partial charge in [0.25, 0.3) is 6.17 Å². The van der Waals surface area contributed by atoms with Gasteiger partial charge in [-0.25, -0.2) is 0 Å². The first-order chi connectivity index (χ1) is 8.81. The molecule has 0 bridgehead atoms. The standard InChI is InChI=1S/C14H18N2OS2/c1-10-5-7-11(8-6-10)9-16(17)12-14(2,3)19-13(18)15(12)4/h5-9,12H,1-4H3/b16-9-/t12-/m1/s1. The average Bonchev–Trinajstić information content (AvgIpc) is 2.51. The molecular weight excluding hydrogens is 276 g/mol. The minimum atomic E-state index is -0.272. The van der Waals surface area contributed by atoms with Crippen molar-refractivity contribution >= 4 is 34.5 Å². The van der Waals surface area contributed by atoms with Gasteiger partial charge in [0.2, 0.25) is 0 Å². The van der Waals surface area contributed by atoms with E-state index in [1.54, 1.807) is 18.0 Å². The fraction of sp³-hybridized carbons (Fsp3) is 0.429. The second-order valence-electron chi connectivity index (χ2n) is 5.36. The van der Waals surface area contributed by atoms with Gasteiger partial charge < -0.3 is 10.1 Å². The first-order valence-corrected chi connectivity index (χ1v) is 7.36. The summed E-state index contributed by atoms with van der Waals surface area (Å²) in [7, 11) is 1.88. The zero-order valence-corrected chi connectivity index (χ0v) is 13.2. The van der Waals surface area contributed by atoms with Gasteiger partial charge in [-0.2, -0.15) is 4.74 Å². The second-order valence-corrected chi connectivity index (χ2v) is 7.64. The van der Waals surface area contributed by atoms with Crippen LogP contribution in [0.3, 0.4) is 0 Å². The Hall–Kier alpha value is -1.07. The minimum Gasteiger partial charge on any atom is -0.622 e. The molecule has 1 fully saturated rings. The van der Waals surface area contributed by atoms with Crippen molar-refractivity contribution in [2.75, 3.05) is 7.05 Å². The number of nitrogens with zero attached hydrogens (tertiary/aromatic N) is 2. The van der Waals surface area contributed by atoms with Gasteiger partial charge >= 0.3 is 0 Å². The van der Waals surface area contributed by atoms with Gasteiger partial charge in [-0.3, -0.25) is 0 Å². The third-order valence-corrected chi connectivity index (χ3v) is 4.96. The van der Waals surface area contributed by atoms with Crippen molar-refractivity contribution in [1.82, 2.24) is 4.90 Å². The van der Waals surface area contributed by atoms with Crippen molar-refractivity contribution in [1.29, 1.82) is 0 Å². The van der Waals surface area contributed by atoms with Gasteiger partial charge in [-0.15, -0.1) is 0 Å². The highest BCUT2D eigenvalue weighted by Crippen LogP contribution is 2.40. The molecule has 1 aromatic rings. The fourth-order valence-corrected chi connectivity index (χ4v) is 4.07. The van der Waals surface area contributed by atoms with Gasteiger partial charge in [0.15, 0.2) is 6.21 Å². The Morgan fingerprint density at radius 3 is 2.42 bits per heavy atom. The summed E-state index contributed by atoms with van der Waals surface area (Å²) in [4.78, 5) is 1.87. The van der Waals surface area contributed by atoms with Crippen LogP contribution in [0.15, 0.2) is 24.3 Å². The molecule has 0 unspecified atom stereocenters. The fourth-order valence-electron chi connectivity index (χ4n) is 2.26. The number of hydrogen-bond donors (Lipinski definition) is 0. The van der Waals surface area contributed by atoms with Crippen LogP contribution < -0.4 is 0 Å². The monoisotopic (exact) mass is 294 g/mol. The molecule has 0 radical (unpaired) electrons. The molecule has 0 aromatic heterocycles. The maximum absolute atomic E-state index is 12.4. The highest BCUT2D eigenvalue weighted by atomic mass is 32.2. The van der Waals surface area contributed by atoms with Gasteiger partial charge in [0.1, 0.15) is 9.07 Å². The van der Waals surface area contributed by atoms with Crippen LogP contribution in [0.2, 0.25) is 0 Å². The van der Waals surface area contributed by atoms with Crippen molar-refractivity contribution in [2.24, 2.45) is 0 Å². The molecule has 1 aromatic carbocycles.